The van der Waals surface area contributed by atoms with Crippen molar-refractivity contribution in [2.75, 3.05) is 24.5 Å². The molecule has 2 heterocycles. The van der Waals surface area contributed by atoms with Gasteiger partial charge in [-0.1, -0.05) is 0 Å². The summed E-state index contributed by atoms with van der Waals surface area (Å²) in [6.45, 7) is 1.87. The fraction of sp³-hybridized carbons (Fsp3) is 0.700. The summed E-state index contributed by atoms with van der Waals surface area (Å²) < 4.78 is 38.2. The summed E-state index contributed by atoms with van der Waals surface area (Å²) in [4.78, 5) is 11.8. The number of anilines is 1. The Morgan fingerprint density at radius 2 is 2.30 bits per heavy atom. The molecular formula is C10H14F3N5O2. The molecule has 0 aromatic carbocycles. The van der Waals surface area contributed by atoms with Gasteiger partial charge in [0.05, 0.1) is 4.92 Å². The van der Waals surface area contributed by atoms with E-state index in [9.17, 15) is 23.3 Å². The number of nitrogens with zero attached hydrogens (tertiary/aromatic N) is 4. The molecule has 1 saturated heterocycles. The highest BCUT2D eigenvalue weighted by Gasteiger charge is 2.35. The number of hydrogen-bond donors (Lipinski definition) is 1. The lowest BCUT2D eigenvalue weighted by Crippen LogP contribution is -2.50. The second-order valence-corrected chi connectivity index (χ2v) is 4.68. The molecule has 7 nitrogen and oxygen atoms in total. The van der Waals surface area contributed by atoms with Crippen molar-refractivity contribution in [3.8, 4) is 0 Å². The first-order valence-electron chi connectivity index (χ1n) is 6.03. The van der Waals surface area contributed by atoms with E-state index in [0.29, 0.717) is 24.3 Å². The van der Waals surface area contributed by atoms with Crippen molar-refractivity contribution in [2.45, 2.75) is 25.7 Å². The summed E-state index contributed by atoms with van der Waals surface area (Å²) in [5.74, 6) is -0.0827. The molecule has 1 aliphatic heterocycles. The smallest absolute Gasteiger partial charge is 0.348 e. The Bertz CT molecular complexity index is 502. The number of hydrogen-bond acceptors (Lipinski definition) is 5. The van der Waals surface area contributed by atoms with Crippen LogP contribution in [0.3, 0.4) is 0 Å². The summed E-state index contributed by atoms with van der Waals surface area (Å²) in [5.41, 5.74) is -0.400. The molecule has 1 atom stereocenters. The van der Waals surface area contributed by atoms with Crippen LogP contribution in [0, 0.1) is 10.1 Å². The standard InChI is InChI=1S/C10H14F3N5O2/c1-7-5-16(3-2-14-7)9-8(18(19)20)4-15-17(9)6-10(11,12)13/h4,7,14H,2-3,5-6H2,1H3. The third kappa shape index (κ3) is 3.18. The molecular weight excluding hydrogens is 279 g/mol. The Hall–Kier alpha value is -1.84. The molecule has 0 aliphatic carbocycles. The molecule has 10 heteroatoms. The monoisotopic (exact) mass is 293 g/mol. The van der Waals surface area contributed by atoms with E-state index in [1.807, 2.05) is 6.92 Å². The van der Waals surface area contributed by atoms with Crippen LogP contribution >= 0.6 is 0 Å². The summed E-state index contributed by atoms with van der Waals surface area (Å²) >= 11 is 0. The topological polar surface area (TPSA) is 76.2 Å². The van der Waals surface area contributed by atoms with E-state index >= 15 is 0 Å². The molecule has 0 bridgehead atoms. The average Bonchev–Trinajstić information content (AvgIpc) is 2.70. The van der Waals surface area contributed by atoms with Crippen LogP contribution in [0.4, 0.5) is 24.7 Å². The lowest BCUT2D eigenvalue weighted by atomic mass is 10.2. The third-order valence-corrected chi connectivity index (χ3v) is 2.99. The SMILES string of the molecule is CC1CN(c2c([N+](=O)[O-])cnn2CC(F)(F)F)CCN1. The second-order valence-electron chi connectivity index (χ2n) is 4.68. The molecule has 0 saturated carbocycles. The van der Waals surface area contributed by atoms with Crippen LogP contribution in [-0.4, -0.2) is 46.6 Å². The molecule has 1 aromatic heterocycles. The van der Waals surface area contributed by atoms with Crippen molar-refractivity contribution in [3.05, 3.63) is 16.3 Å². The van der Waals surface area contributed by atoms with Crippen molar-refractivity contribution >= 4 is 11.5 Å². The Morgan fingerprint density at radius 3 is 2.85 bits per heavy atom. The lowest BCUT2D eigenvalue weighted by Gasteiger charge is -2.33. The van der Waals surface area contributed by atoms with Gasteiger partial charge in [-0.3, -0.25) is 10.1 Å². The zero-order chi connectivity index (χ0) is 14.9. The van der Waals surface area contributed by atoms with Gasteiger partial charge < -0.3 is 10.2 Å². The van der Waals surface area contributed by atoms with Gasteiger partial charge in [0.25, 0.3) is 0 Å². The molecule has 20 heavy (non-hydrogen) atoms. The quantitative estimate of drug-likeness (QED) is 0.668. The van der Waals surface area contributed by atoms with Crippen LogP contribution in [-0.2, 0) is 6.54 Å². The van der Waals surface area contributed by atoms with E-state index in [0.717, 1.165) is 6.20 Å². The molecule has 0 spiro atoms. The van der Waals surface area contributed by atoms with E-state index in [4.69, 9.17) is 0 Å². The highest BCUT2D eigenvalue weighted by molar-refractivity contribution is 5.58. The molecule has 0 radical (unpaired) electrons. The number of alkyl halides is 3. The molecule has 0 amide bonds. The van der Waals surface area contributed by atoms with Gasteiger partial charge in [0, 0.05) is 25.7 Å². The van der Waals surface area contributed by atoms with Crippen LogP contribution in [0.15, 0.2) is 6.20 Å². The van der Waals surface area contributed by atoms with Crippen LogP contribution in [0.2, 0.25) is 0 Å². The van der Waals surface area contributed by atoms with Crippen molar-refractivity contribution < 1.29 is 18.1 Å². The summed E-state index contributed by atoms with van der Waals surface area (Å²) in [5, 5.41) is 17.6. The second kappa shape index (κ2) is 5.27. The molecule has 1 N–H and O–H groups in total. The first kappa shape index (κ1) is 14.6. The third-order valence-electron chi connectivity index (χ3n) is 2.99. The van der Waals surface area contributed by atoms with Gasteiger partial charge in [-0.25, -0.2) is 4.68 Å². The predicted octanol–water partition coefficient (Wildman–Crippen LogP) is 1.15. The fourth-order valence-electron chi connectivity index (χ4n) is 2.23. The normalized spacial score (nSPS) is 20.2. The Kier molecular flexibility index (Phi) is 3.84. The number of nitro groups is 1. The van der Waals surface area contributed by atoms with Gasteiger partial charge in [-0.15, -0.1) is 0 Å². The van der Waals surface area contributed by atoms with Gasteiger partial charge >= 0.3 is 11.9 Å². The molecule has 1 aliphatic rings. The highest BCUT2D eigenvalue weighted by Crippen LogP contribution is 2.31. The first-order valence-corrected chi connectivity index (χ1v) is 6.03. The van der Waals surface area contributed by atoms with Gasteiger partial charge in [0.15, 0.2) is 0 Å². The first-order chi connectivity index (χ1) is 9.28. The number of rotatable bonds is 3. The minimum absolute atomic E-state index is 0.0394. The van der Waals surface area contributed by atoms with E-state index in [1.54, 1.807) is 4.90 Å². The maximum atomic E-state index is 12.5. The van der Waals surface area contributed by atoms with Crippen molar-refractivity contribution in [2.24, 2.45) is 0 Å². The Labute approximate surface area is 112 Å². The summed E-state index contributed by atoms with van der Waals surface area (Å²) in [6.07, 6.45) is -3.61. The van der Waals surface area contributed by atoms with Crippen LogP contribution in [0.5, 0.6) is 0 Å². The van der Waals surface area contributed by atoms with E-state index < -0.39 is 23.3 Å². The molecule has 2 rings (SSSR count). The number of nitrogens with one attached hydrogen (secondary N) is 1. The Balaban J connectivity index is 2.36. The number of aromatic nitrogens is 2. The zero-order valence-electron chi connectivity index (χ0n) is 10.7. The molecule has 1 aromatic rings. The minimum atomic E-state index is -4.48. The molecule has 1 fully saturated rings. The molecule has 1 unspecified atom stereocenters. The van der Waals surface area contributed by atoms with Gasteiger partial charge in [0.1, 0.15) is 12.7 Å². The maximum absolute atomic E-state index is 12.5. The van der Waals surface area contributed by atoms with E-state index in [2.05, 4.69) is 10.4 Å². The molecule has 112 valence electrons. The van der Waals surface area contributed by atoms with Crippen LogP contribution in [0.1, 0.15) is 6.92 Å². The Morgan fingerprint density at radius 1 is 1.60 bits per heavy atom. The van der Waals surface area contributed by atoms with Crippen LogP contribution < -0.4 is 10.2 Å². The summed E-state index contributed by atoms with van der Waals surface area (Å²) in [6, 6.07) is 0.0394. The average molecular weight is 293 g/mol. The van der Waals surface area contributed by atoms with Crippen molar-refractivity contribution in [1.29, 1.82) is 0 Å². The van der Waals surface area contributed by atoms with Crippen molar-refractivity contribution in [3.63, 3.8) is 0 Å². The highest BCUT2D eigenvalue weighted by atomic mass is 19.4. The van der Waals surface area contributed by atoms with Gasteiger partial charge in [0.2, 0.25) is 5.82 Å². The summed E-state index contributed by atoms with van der Waals surface area (Å²) in [7, 11) is 0. The number of piperazine rings is 1. The largest absolute Gasteiger partial charge is 0.408 e. The van der Waals surface area contributed by atoms with E-state index in [1.165, 1.54) is 0 Å². The van der Waals surface area contributed by atoms with Crippen LogP contribution in [0.25, 0.3) is 0 Å². The minimum Gasteiger partial charge on any atom is -0.348 e. The number of halogens is 3. The van der Waals surface area contributed by atoms with E-state index in [-0.39, 0.29) is 11.9 Å². The maximum Gasteiger partial charge on any atom is 0.408 e. The zero-order valence-corrected chi connectivity index (χ0v) is 10.7. The lowest BCUT2D eigenvalue weighted by molar-refractivity contribution is -0.384. The van der Waals surface area contributed by atoms with Gasteiger partial charge in [-0.05, 0) is 6.92 Å². The van der Waals surface area contributed by atoms with Gasteiger partial charge in [-0.2, -0.15) is 18.3 Å². The fourth-order valence-corrected chi connectivity index (χ4v) is 2.23. The van der Waals surface area contributed by atoms with Crippen molar-refractivity contribution in [1.82, 2.24) is 15.1 Å². The predicted molar refractivity (Wildman–Crippen MR) is 64.6 cm³/mol.